The van der Waals surface area contributed by atoms with Crippen molar-refractivity contribution in [1.82, 2.24) is 10.3 Å². The number of fused-ring (bicyclic) bond motifs is 1. The Hall–Kier alpha value is -1.54. The maximum Gasteiger partial charge on any atom is 0.231 e. The third-order valence-electron chi connectivity index (χ3n) is 4.26. The fraction of sp³-hybridized carbons (Fsp3) is 0.474. The lowest BCUT2D eigenvalue weighted by atomic mass is 9.90. The molecule has 1 aliphatic heterocycles. The van der Waals surface area contributed by atoms with E-state index in [1.165, 1.54) is 11.3 Å². The lowest BCUT2D eigenvalue weighted by Crippen LogP contribution is -2.52. The van der Waals surface area contributed by atoms with E-state index in [9.17, 15) is 4.79 Å². The fourth-order valence-corrected chi connectivity index (χ4v) is 4.00. The quantitative estimate of drug-likeness (QED) is 0.673. The number of carbonyl (C=O) groups is 1. The van der Waals surface area contributed by atoms with E-state index in [-0.39, 0.29) is 49.5 Å². The summed E-state index contributed by atoms with van der Waals surface area (Å²) >= 11 is 1.51. The van der Waals surface area contributed by atoms with Crippen molar-refractivity contribution >= 4 is 42.1 Å². The van der Waals surface area contributed by atoms with Gasteiger partial charge in [-0.3, -0.25) is 4.79 Å². The molecule has 1 aliphatic rings. The van der Waals surface area contributed by atoms with Crippen molar-refractivity contribution in [3.63, 3.8) is 0 Å². The summed E-state index contributed by atoms with van der Waals surface area (Å²) in [5.74, 6) is 1.88. The summed E-state index contributed by atoms with van der Waals surface area (Å²) in [4.78, 5) is 17.0. The highest BCUT2D eigenvalue weighted by Crippen LogP contribution is 2.36. The molecule has 6 nitrogen and oxygen atoms in total. The molecular weight excluding hydrogens is 421 g/mol. The fourth-order valence-electron chi connectivity index (χ4n) is 3.18. The van der Waals surface area contributed by atoms with Gasteiger partial charge < -0.3 is 20.5 Å². The summed E-state index contributed by atoms with van der Waals surface area (Å²) in [7, 11) is 0. The number of hydrogen-bond acceptors (Lipinski definition) is 6. The third kappa shape index (κ3) is 5.98. The molecule has 0 spiro atoms. The highest BCUT2D eigenvalue weighted by molar-refractivity contribution is 7.13. The van der Waals surface area contributed by atoms with Gasteiger partial charge in [0.05, 0.1) is 12.1 Å². The molecule has 0 aliphatic carbocycles. The van der Waals surface area contributed by atoms with E-state index in [0.717, 1.165) is 34.2 Å². The Bertz CT molecular complexity index is 800. The van der Waals surface area contributed by atoms with Crippen molar-refractivity contribution in [2.45, 2.75) is 39.2 Å². The minimum absolute atomic E-state index is 0. The molecule has 9 heteroatoms. The van der Waals surface area contributed by atoms with Crippen LogP contribution in [0.15, 0.2) is 23.6 Å². The first-order valence-corrected chi connectivity index (χ1v) is 9.62. The molecule has 0 bridgehead atoms. The number of amides is 1. The standard InChI is InChI=1S/C19H25N3O3S.2ClH/c1-12(2)8-19(3,10-20)22-17(23)7-14-9-26-18(21-14)13-4-5-15-16(6-13)25-11-24-15;;/h4-6,9,12H,7-8,10-11,20H2,1-3H3,(H,22,23);2*1H. The molecule has 2 aromatic rings. The first-order valence-electron chi connectivity index (χ1n) is 8.74. The SMILES string of the molecule is CC(C)CC(C)(CN)NC(=O)Cc1csc(-c2ccc3c(c2)OCO3)n1.Cl.Cl. The third-order valence-corrected chi connectivity index (χ3v) is 5.20. The number of hydrogen-bond donors (Lipinski definition) is 2. The van der Waals surface area contributed by atoms with E-state index in [0.29, 0.717) is 12.5 Å². The normalized spacial score (nSPS) is 14.0. The smallest absolute Gasteiger partial charge is 0.231 e. The molecule has 3 rings (SSSR count). The number of aromatic nitrogens is 1. The Labute approximate surface area is 182 Å². The molecule has 1 aromatic carbocycles. The van der Waals surface area contributed by atoms with Crippen LogP contribution in [-0.2, 0) is 11.2 Å². The highest BCUT2D eigenvalue weighted by atomic mass is 35.5. The summed E-state index contributed by atoms with van der Waals surface area (Å²) in [5.41, 5.74) is 7.19. The van der Waals surface area contributed by atoms with Gasteiger partial charge in [0.2, 0.25) is 12.7 Å². The van der Waals surface area contributed by atoms with Crippen LogP contribution in [-0.4, -0.2) is 29.8 Å². The van der Waals surface area contributed by atoms with Gasteiger partial charge in [-0.15, -0.1) is 36.2 Å². The van der Waals surface area contributed by atoms with E-state index in [1.54, 1.807) is 0 Å². The number of rotatable bonds is 7. The van der Waals surface area contributed by atoms with Gasteiger partial charge in [-0.1, -0.05) is 13.8 Å². The van der Waals surface area contributed by atoms with Crippen molar-refractivity contribution in [3.05, 3.63) is 29.3 Å². The summed E-state index contributed by atoms with van der Waals surface area (Å²) < 4.78 is 10.7. The van der Waals surface area contributed by atoms with Crippen molar-refractivity contribution < 1.29 is 14.3 Å². The van der Waals surface area contributed by atoms with Crippen molar-refractivity contribution in [1.29, 1.82) is 0 Å². The predicted octanol–water partition coefficient (Wildman–Crippen LogP) is 3.80. The largest absolute Gasteiger partial charge is 0.454 e. The molecular formula is C19H27Cl2N3O3S. The second-order valence-corrected chi connectivity index (χ2v) is 8.16. The lowest BCUT2D eigenvalue weighted by Gasteiger charge is -2.31. The molecule has 1 unspecified atom stereocenters. The maximum absolute atomic E-state index is 12.4. The number of halogens is 2. The Kier molecular flexibility index (Phi) is 9.01. The minimum atomic E-state index is -0.387. The van der Waals surface area contributed by atoms with Crippen LogP contribution in [0.2, 0.25) is 0 Å². The number of carbonyl (C=O) groups excluding carboxylic acids is 1. The van der Waals surface area contributed by atoms with Crippen molar-refractivity contribution in [2.75, 3.05) is 13.3 Å². The number of nitrogens with one attached hydrogen (secondary N) is 1. The van der Waals surface area contributed by atoms with E-state index in [1.807, 2.05) is 30.5 Å². The Morgan fingerprint density at radius 3 is 2.71 bits per heavy atom. The van der Waals surface area contributed by atoms with Gasteiger partial charge in [-0.2, -0.15) is 0 Å². The molecule has 1 amide bonds. The van der Waals surface area contributed by atoms with Crippen LogP contribution in [0.5, 0.6) is 11.5 Å². The number of nitrogens with zero attached hydrogens (tertiary/aromatic N) is 1. The van der Waals surface area contributed by atoms with E-state index in [2.05, 4.69) is 24.1 Å². The summed E-state index contributed by atoms with van der Waals surface area (Å²) in [6, 6.07) is 5.74. The molecule has 1 atom stereocenters. The molecule has 0 saturated heterocycles. The lowest BCUT2D eigenvalue weighted by molar-refractivity contribution is -0.122. The van der Waals surface area contributed by atoms with Crippen LogP contribution in [0.3, 0.4) is 0 Å². The first-order chi connectivity index (χ1) is 12.4. The Balaban J connectivity index is 0.00000196. The predicted molar refractivity (Wildman–Crippen MR) is 117 cm³/mol. The van der Waals surface area contributed by atoms with E-state index < -0.39 is 0 Å². The number of benzene rings is 1. The molecule has 1 aromatic heterocycles. The van der Waals surface area contributed by atoms with Crippen LogP contribution in [0.4, 0.5) is 0 Å². The highest BCUT2D eigenvalue weighted by Gasteiger charge is 2.26. The molecule has 28 heavy (non-hydrogen) atoms. The number of nitrogens with two attached hydrogens (primary N) is 1. The van der Waals surface area contributed by atoms with Gasteiger partial charge in [-0.05, 0) is 37.5 Å². The summed E-state index contributed by atoms with van der Waals surface area (Å²) in [6.07, 6.45) is 1.09. The molecule has 2 heterocycles. The van der Waals surface area contributed by atoms with Gasteiger partial charge in [0.15, 0.2) is 11.5 Å². The molecule has 0 radical (unpaired) electrons. The Morgan fingerprint density at radius 2 is 2.04 bits per heavy atom. The van der Waals surface area contributed by atoms with Gasteiger partial charge in [0, 0.05) is 23.0 Å². The van der Waals surface area contributed by atoms with Gasteiger partial charge in [0.25, 0.3) is 0 Å². The van der Waals surface area contributed by atoms with Crippen LogP contribution in [0.25, 0.3) is 10.6 Å². The zero-order chi connectivity index (χ0) is 18.7. The second kappa shape index (κ2) is 10.3. The van der Waals surface area contributed by atoms with Crippen LogP contribution < -0.4 is 20.5 Å². The Morgan fingerprint density at radius 1 is 1.32 bits per heavy atom. The van der Waals surface area contributed by atoms with Gasteiger partial charge in [-0.25, -0.2) is 4.98 Å². The molecule has 0 fully saturated rings. The summed E-state index contributed by atoms with van der Waals surface area (Å²) in [5, 5.41) is 5.84. The monoisotopic (exact) mass is 447 g/mol. The van der Waals surface area contributed by atoms with Crippen LogP contribution in [0.1, 0.15) is 32.9 Å². The molecule has 156 valence electrons. The molecule has 0 saturated carbocycles. The summed E-state index contributed by atoms with van der Waals surface area (Å²) in [6.45, 7) is 6.90. The number of thiazole rings is 1. The van der Waals surface area contributed by atoms with Crippen LogP contribution in [0, 0.1) is 5.92 Å². The van der Waals surface area contributed by atoms with Crippen molar-refractivity contribution in [3.8, 4) is 22.1 Å². The zero-order valence-electron chi connectivity index (χ0n) is 16.2. The van der Waals surface area contributed by atoms with E-state index >= 15 is 0 Å². The first kappa shape index (κ1) is 24.5. The maximum atomic E-state index is 12.4. The second-order valence-electron chi connectivity index (χ2n) is 7.30. The van der Waals surface area contributed by atoms with Gasteiger partial charge in [0.1, 0.15) is 5.01 Å². The van der Waals surface area contributed by atoms with Crippen molar-refractivity contribution in [2.24, 2.45) is 11.7 Å². The average molecular weight is 448 g/mol. The topological polar surface area (TPSA) is 86.5 Å². The van der Waals surface area contributed by atoms with Gasteiger partial charge >= 0.3 is 0 Å². The zero-order valence-corrected chi connectivity index (χ0v) is 18.6. The minimum Gasteiger partial charge on any atom is -0.454 e. The van der Waals surface area contributed by atoms with Crippen LogP contribution >= 0.6 is 36.2 Å². The average Bonchev–Trinajstić information content (AvgIpc) is 3.22. The van der Waals surface area contributed by atoms with E-state index in [4.69, 9.17) is 15.2 Å². The number of ether oxygens (including phenoxy) is 2. The molecule has 3 N–H and O–H groups in total.